The van der Waals surface area contributed by atoms with Gasteiger partial charge in [-0.05, 0) is 25.5 Å². The molecule has 0 unspecified atom stereocenters. The number of hydrogen-bond acceptors (Lipinski definition) is 4. The van der Waals surface area contributed by atoms with Crippen LogP contribution in [0.1, 0.15) is 17.1 Å². The second-order valence-corrected chi connectivity index (χ2v) is 7.05. The van der Waals surface area contributed by atoms with E-state index < -0.39 is 22.0 Å². The average Bonchev–Trinajstić information content (AvgIpc) is 2.99. The zero-order chi connectivity index (χ0) is 16.1. The smallest absolute Gasteiger partial charge is 0.327 e. The first kappa shape index (κ1) is 14.6. The quantitative estimate of drug-likeness (QED) is 0.935. The lowest BCUT2D eigenvalue weighted by Crippen LogP contribution is -2.42. The molecule has 0 amide bonds. The summed E-state index contributed by atoms with van der Waals surface area (Å²) in [5, 5.41) is 9.41. The molecule has 1 aliphatic heterocycles. The Kier molecular flexibility index (Phi) is 3.25. The van der Waals surface area contributed by atoms with Crippen molar-refractivity contribution in [2.24, 2.45) is 0 Å². The van der Waals surface area contributed by atoms with Crippen molar-refractivity contribution in [3.8, 4) is 0 Å². The Bertz CT molecular complexity index is 853. The Morgan fingerprint density at radius 3 is 2.59 bits per heavy atom. The third kappa shape index (κ3) is 2.09. The number of aliphatic carboxylic acids is 1. The molecule has 1 aliphatic rings. The first-order chi connectivity index (χ1) is 10.3. The number of carboxylic acid groups (broad SMARTS) is 1. The number of sulfonamides is 1. The molecule has 0 bridgehead atoms. The van der Waals surface area contributed by atoms with Gasteiger partial charge in [0.05, 0.1) is 5.69 Å². The number of para-hydroxylation sites is 1. The van der Waals surface area contributed by atoms with Gasteiger partial charge < -0.3 is 9.52 Å². The summed E-state index contributed by atoms with van der Waals surface area (Å²) in [7, 11) is -4.00. The normalized spacial score (nSPS) is 17.5. The van der Waals surface area contributed by atoms with Gasteiger partial charge in [-0.1, -0.05) is 18.2 Å². The van der Waals surface area contributed by atoms with Gasteiger partial charge in [0.2, 0.25) is 0 Å². The van der Waals surface area contributed by atoms with E-state index in [0.29, 0.717) is 17.0 Å². The van der Waals surface area contributed by atoms with Gasteiger partial charge in [0.25, 0.3) is 10.0 Å². The van der Waals surface area contributed by atoms with Crippen LogP contribution in [0.5, 0.6) is 0 Å². The highest BCUT2D eigenvalue weighted by Gasteiger charge is 2.43. The van der Waals surface area contributed by atoms with Gasteiger partial charge >= 0.3 is 5.97 Å². The van der Waals surface area contributed by atoms with Crippen LogP contribution in [0, 0.1) is 13.8 Å². The van der Waals surface area contributed by atoms with Gasteiger partial charge in [0, 0.05) is 12.5 Å². The third-order valence-corrected chi connectivity index (χ3v) is 5.67. The molecule has 0 spiro atoms. The summed E-state index contributed by atoms with van der Waals surface area (Å²) in [6, 6.07) is 7.11. The highest BCUT2D eigenvalue weighted by molar-refractivity contribution is 7.93. The number of aryl methyl sites for hydroxylation is 2. The Hall–Kier alpha value is -2.28. The molecule has 1 atom stereocenters. The summed E-state index contributed by atoms with van der Waals surface area (Å²) in [5.41, 5.74) is 1.12. The van der Waals surface area contributed by atoms with Crippen LogP contribution in [-0.2, 0) is 21.2 Å². The van der Waals surface area contributed by atoms with Crippen molar-refractivity contribution in [1.29, 1.82) is 0 Å². The summed E-state index contributed by atoms with van der Waals surface area (Å²) < 4.78 is 32.2. The molecular formula is C15H15NO5S. The van der Waals surface area contributed by atoms with Crippen molar-refractivity contribution in [2.45, 2.75) is 31.2 Å². The maximum Gasteiger partial charge on any atom is 0.327 e. The highest BCUT2D eigenvalue weighted by Crippen LogP contribution is 2.37. The lowest BCUT2D eigenvalue weighted by Gasteiger charge is -2.23. The van der Waals surface area contributed by atoms with Crippen LogP contribution in [0.2, 0.25) is 0 Å². The van der Waals surface area contributed by atoms with Crippen LogP contribution >= 0.6 is 0 Å². The summed E-state index contributed by atoms with van der Waals surface area (Å²) in [6.07, 6.45) is 0.153. The Labute approximate surface area is 128 Å². The van der Waals surface area contributed by atoms with Crippen LogP contribution in [-0.4, -0.2) is 25.5 Å². The summed E-state index contributed by atoms with van der Waals surface area (Å²) in [6.45, 7) is 3.20. The first-order valence-corrected chi connectivity index (χ1v) is 8.18. The zero-order valence-corrected chi connectivity index (χ0v) is 12.9. The van der Waals surface area contributed by atoms with Crippen molar-refractivity contribution in [3.63, 3.8) is 0 Å². The third-order valence-electron chi connectivity index (χ3n) is 3.74. The van der Waals surface area contributed by atoms with E-state index in [-0.39, 0.29) is 17.1 Å². The van der Waals surface area contributed by atoms with E-state index in [1.54, 1.807) is 38.1 Å². The van der Waals surface area contributed by atoms with Crippen molar-refractivity contribution in [3.05, 3.63) is 47.4 Å². The molecule has 2 heterocycles. The molecule has 22 heavy (non-hydrogen) atoms. The molecule has 0 saturated heterocycles. The van der Waals surface area contributed by atoms with E-state index in [4.69, 9.17) is 4.42 Å². The van der Waals surface area contributed by atoms with Gasteiger partial charge in [-0.25, -0.2) is 13.2 Å². The fourth-order valence-electron chi connectivity index (χ4n) is 2.81. The number of benzene rings is 1. The molecule has 1 aromatic carbocycles. The van der Waals surface area contributed by atoms with Crippen molar-refractivity contribution < 1.29 is 22.7 Å². The molecule has 6 nitrogen and oxygen atoms in total. The number of hydrogen-bond donors (Lipinski definition) is 1. The zero-order valence-electron chi connectivity index (χ0n) is 12.1. The molecule has 0 radical (unpaired) electrons. The number of carboxylic acids is 1. The predicted octanol–water partition coefficient (Wildman–Crippen LogP) is 2.10. The van der Waals surface area contributed by atoms with Gasteiger partial charge in [-0.15, -0.1) is 0 Å². The fourth-order valence-corrected chi connectivity index (χ4v) is 4.68. The topological polar surface area (TPSA) is 87.8 Å². The van der Waals surface area contributed by atoms with E-state index in [2.05, 4.69) is 0 Å². The largest absolute Gasteiger partial charge is 0.480 e. The number of nitrogens with zero attached hydrogens (tertiary/aromatic N) is 1. The number of anilines is 1. The monoisotopic (exact) mass is 321 g/mol. The number of fused-ring (bicyclic) bond motifs is 1. The van der Waals surface area contributed by atoms with Crippen molar-refractivity contribution >= 4 is 21.7 Å². The fraction of sp³-hybridized carbons (Fsp3) is 0.267. The van der Waals surface area contributed by atoms with Gasteiger partial charge in [0.15, 0.2) is 0 Å². The highest BCUT2D eigenvalue weighted by atomic mass is 32.2. The summed E-state index contributed by atoms with van der Waals surface area (Å²) >= 11 is 0. The molecule has 116 valence electrons. The SMILES string of the molecule is Cc1cc(S(=O)(=O)N2c3ccccc3C[C@@H]2C(=O)O)c(C)o1. The minimum absolute atomic E-state index is 0.00736. The van der Waals surface area contributed by atoms with E-state index in [0.717, 1.165) is 4.31 Å². The van der Waals surface area contributed by atoms with Crippen molar-refractivity contribution in [1.82, 2.24) is 0 Å². The predicted molar refractivity (Wildman–Crippen MR) is 79.4 cm³/mol. The van der Waals surface area contributed by atoms with Gasteiger partial charge in [-0.2, -0.15) is 0 Å². The lowest BCUT2D eigenvalue weighted by molar-refractivity contribution is -0.138. The molecule has 0 fully saturated rings. The average molecular weight is 321 g/mol. The standard InChI is InChI=1S/C15H15NO5S/c1-9-7-14(10(2)21-9)22(19,20)16-12-6-4-3-5-11(12)8-13(16)15(17)18/h3-7,13H,8H2,1-2H3,(H,17,18)/t13-/m1/s1. The molecule has 7 heteroatoms. The minimum Gasteiger partial charge on any atom is -0.480 e. The molecule has 1 aromatic heterocycles. The van der Waals surface area contributed by atoms with Crippen LogP contribution in [0.4, 0.5) is 5.69 Å². The van der Waals surface area contributed by atoms with Gasteiger partial charge in [0.1, 0.15) is 22.5 Å². The Morgan fingerprint density at radius 1 is 1.32 bits per heavy atom. The molecule has 0 saturated carbocycles. The molecule has 3 rings (SSSR count). The van der Waals surface area contributed by atoms with E-state index >= 15 is 0 Å². The minimum atomic E-state index is -4.00. The lowest BCUT2D eigenvalue weighted by atomic mass is 10.1. The van der Waals surface area contributed by atoms with Crippen LogP contribution < -0.4 is 4.31 Å². The maximum atomic E-state index is 12.9. The summed E-state index contributed by atoms with van der Waals surface area (Å²) in [4.78, 5) is 11.5. The maximum absolute atomic E-state index is 12.9. The molecule has 1 N–H and O–H groups in total. The first-order valence-electron chi connectivity index (χ1n) is 6.74. The number of rotatable bonds is 3. The summed E-state index contributed by atoms with van der Waals surface area (Å²) in [5.74, 6) is -0.445. The van der Waals surface area contributed by atoms with E-state index in [1.807, 2.05) is 0 Å². The van der Waals surface area contributed by atoms with Crippen molar-refractivity contribution in [2.75, 3.05) is 4.31 Å². The molecular weight excluding hydrogens is 306 g/mol. The number of furan rings is 1. The second kappa shape index (κ2) is 4.88. The molecule has 0 aliphatic carbocycles. The van der Waals surface area contributed by atoms with E-state index in [1.165, 1.54) is 6.07 Å². The Morgan fingerprint density at radius 2 is 2.00 bits per heavy atom. The van der Waals surface area contributed by atoms with Crippen LogP contribution in [0.3, 0.4) is 0 Å². The molecule has 2 aromatic rings. The van der Waals surface area contributed by atoms with E-state index in [9.17, 15) is 18.3 Å². The van der Waals surface area contributed by atoms with Crippen LogP contribution in [0.15, 0.2) is 39.6 Å². The second-order valence-electron chi connectivity index (χ2n) is 5.27. The van der Waals surface area contributed by atoms with Crippen LogP contribution in [0.25, 0.3) is 0 Å². The van der Waals surface area contributed by atoms with Gasteiger partial charge in [-0.3, -0.25) is 4.31 Å². The Balaban J connectivity index is 2.19. The number of carbonyl (C=O) groups is 1.